The zero-order valence-corrected chi connectivity index (χ0v) is 16.8. The highest BCUT2D eigenvalue weighted by atomic mass is 35.5. The van der Waals surface area contributed by atoms with E-state index in [4.69, 9.17) is 16.0 Å². The molecule has 3 aromatic rings. The van der Waals surface area contributed by atoms with E-state index in [0.29, 0.717) is 18.1 Å². The van der Waals surface area contributed by atoms with E-state index in [-0.39, 0.29) is 24.3 Å². The summed E-state index contributed by atoms with van der Waals surface area (Å²) in [5.74, 6) is -3.50. The SMILES string of the molecule is O=C(c1oc(C(F)(F)F)nc1-c1cccc(F)c1)N1CCN(c2cccc(Cl)c2)CC1. The molecule has 0 saturated carbocycles. The Morgan fingerprint density at radius 3 is 2.39 bits per heavy atom. The molecule has 1 saturated heterocycles. The van der Waals surface area contributed by atoms with Crippen molar-refractivity contribution in [3.8, 4) is 11.3 Å². The highest BCUT2D eigenvalue weighted by Crippen LogP contribution is 2.34. The van der Waals surface area contributed by atoms with Crippen molar-refractivity contribution >= 4 is 23.2 Å². The van der Waals surface area contributed by atoms with Gasteiger partial charge in [-0.15, -0.1) is 0 Å². The van der Waals surface area contributed by atoms with Crippen molar-refractivity contribution in [2.45, 2.75) is 6.18 Å². The van der Waals surface area contributed by atoms with Crippen molar-refractivity contribution < 1.29 is 26.8 Å². The monoisotopic (exact) mass is 453 g/mol. The lowest BCUT2D eigenvalue weighted by molar-refractivity contribution is -0.157. The van der Waals surface area contributed by atoms with Gasteiger partial charge in [0.1, 0.15) is 11.5 Å². The first-order chi connectivity index (χ1) is 14.7. The lowest BCUT2D eigenvalue weighted by Crippen LogP contribution is -2.48. The molecule has 1 fully saturated rings. The molecular weight excluding hydrogens is 438 g/mol. The lowest BCUT2D eigenvalue weighted by atomic mass is 10.1. The Kier molecular flexibility index (Phi) is 5.62. The zero-order valence-electron chi connectivity index (χ0n) is 16.0. The minimum atomic E-state index is -4.88. The van der Waals surface area contributed by atoms with Crippen LogP contribution in [0.5, 0.6) is 0 Å². The second kappa shape index (κ2) is 8.22. The minimum Gasteiger partial charge on any atom is -0.427 e. The van der Waals surface area contributed by atoms with E-state index < -0.39 is 29.6 Å². The molecule has 5 nitrogen and oxygen atoms in total. The molecule has 162 valence electrons. The first-order valence-corrected chi connectivity index (χ1v) is 9.74. The third-order valence-electron chi connectivity index (χ3n) is 4.90. The quantitative estimate of drug-likeness (QED) is 0.517. The molecule has 2 aromatic carbocycles. The number of carbonyl (C=O) groups is 1. The number of halogens is 5. The number of aromatic nitrogens is 1. The number of hydrogen-bond donors (Lipinski definition) is 0. The molecule has 0 unspecified atom stereocenters. The van der Waals surface area contributed by atoms with Gasteiger partial charge in [-0.05, 0) is 30.3 Å². The summed E-state index contributed by atoms with van der Waals surface area (Å²) in [7, 11) is 0. The third kappa shape index (κ3) is 4.51. The number of amides is 1. The highest BCUT2D eigenvalue weighted by molar-refractivity contribution is 6.30. The van der Waals surface area contributed by atoms with Crippen LogP contribution in [-0.4, -0.2) is 42.0 Å². The van der Waals surface area contributed by atoms with E-state index in [1.54, 1.807) is 12.1 Å². The van der Waals surface area contributed by atoms with E-state index in [9.17, 15) is 22.4 Å². The first kappa shape index (κ1) is 21.2. The van der Waals surface area contributed by atoms with Crippen LogP contribution in [0.2, 0.25) is 5.02 Å². The van der Waals surface area contributed by atoms with Gasteiger partial charge in [0.15, 0.2) is 0 Å². The molecule has 31 heavy (non-hydrogen) atoms. The molecular formula is C21H16ClF4N3O2. The van der Waals surface area contributed by atoms with Crippen molar-refractivity contribution in [2.75, 3.05) is 31.1 Å². The number of nitrogens with zero attached hydrogens (tertiary/aromatic N) is 3. The average molecular weight is 454 g/mol. The molecule has 0 spiro atoms. The molecule has 1 aliphatic rings. The maximum atomic E-state index is 13.6. The normalized spacial score (nSPS) is 14.7. The molecule has 4 rings (SSSR count). The largest absolute Gasteiger partial charge is 0.468 e. The minimum absolute atomic E-state index is 0.0279. The summed E-state index contributed by atoms with van der Waals surface area (Å²) < 4.78 is 58.0. The fraction of sp³-hybridized carbons (Fsp3) is 0.238. The van der Waals surface area contributed by atoms with Crippen LogP contribution in [0.25, 0.3) is 11.3 Å². The van der Waals surface area contributed by atoms with E-state index in [1.807, 2.05) is 17.0 Å². The number of alkyl halides is 3. The average Bonchev–Trinajstić information content (AvgIpc) is 3.19. The summed E-state index contributed by atoms with van der Waals surface area (Å²) in [6.07, 6.45) is -4.88. The molecule has 0 atom stereocenters. The predicted molar refractivity (Wildman–Crippen MR) is 106 cm³/mol. The second-order valence-electron chi connectivity index (χ2n) is 6.96. The standard InChI is InChI=1S/C21H16ClF4N3O2/c22-14-4-2-6-16(12-14)28-7-9-29(10-8-28)19(30)18-17(13-3-1-5-15(23)11-13)27-20(31-18)21(24,25)26/h1-6,11-12H,7-10H2. The second-order valence-corrected chi connectivity index (χ2v) is 7.40. The molecule has 0 bridgehead atoms. The van der Waals surface area contributed by atoms with Gasteiger partial charge in [0, 0.05) is 42.5 Å². The van der Waals surface area contributed by atoms with Crippen LogP contribution in [-0.2, 0) is 6.18 Å². The van der Waals surface area contributed by atoms with E-state index in [0.717, 1.165) is 17.8 Å². The summed E-state index contributed by atoms with van der Waals surface area (Å²) in [6, 6.07) is 12.1. The zero-order chi connectivity index (χ0) is 22.2. The van der Waals surface area contributed by atoms with Crippen LogP contribution >= 0.6 is 11.6 Å². The number of carbonyl (C=O) groups excluding carboxylic acids is 1. The van der Waals surface area contributed by atoms with E-state index in [1.165, 1.54) is 17.0 Å². The fourth-order valence-corrected chi connectivity index (χ4v) is 3.59. The molecule has 0 N–H and O–H groups in total. The van der Waals surface area contributed by atoms with Gasteiger partial charge in [0.05, 0.1) is 0 Å². The van der Waals surface area contributed by atoms with Gasteiger partial charge in [-0.1, -0.05) is 29.8 Å². The van der Waals surface area contributed by atoms with Crippen LogP contribution < -0.4 is 4.90 Å². The van der Waals surface area contributed by atoms with E-state index >= 15 is 0 Å². The number of oxazole rings is 1. The van der Waals surface area contributed by atoms with Crippen molar-refractivity contribution in [1.82, 2.24) is 9.88 Å². The van der Waals surface area contributed by atoms with Gasteiger partial charge in [0.2, 0.25) is 5.76 Å². The van der Waals surface area contributed by atoms with Gasteiger partial charge in [-0.2, -0.15) is 13.2 Å². The van der Waals surface area contributed by atoms with Gasteiger partial charge < -0.3 is 14.2 Å². The Morgan fingerprint density at radius 2 is 1.74 bits per heavy atom. The topological polar surface area (TPSA) is 49.6 Å². The Morgan fingerprint density at radius 1 is 1.03 bits per heavy atom. The van der Waals surface area contributed by atoms with E-state index in [2.05, 4.69) is 4.98 Å². The summed E-state index contributed by atoms with van der Waals surface area (Å²) in [5, 5.41) is 0.581. The van der Waals surface area contributed by atoms with Crippen molar-refractivity contribution in [1.29, 1.82) is 0 Å². The third-order valence-corrected chi connectivity index (χ3v) is 5.14. The van der Waals surface area contributed by atoms with Crippen molar-refractivity contribution in [2.24, 2.45) is 0 Å². The maximum Gasteiger partial charge on any atom is 0.468 e. The Hall–Kier alpha value is -3.07. The smallest absolute Gasteiger partial charge is 0.427 e. The summed E-state index contributed by atoms with van der Waals surface area (Å²) in [5.41, 5.74) is 0.577. The number of rotatable bonds is 3. The summed E-state index contributed by atoms with van der Waals surface area (Å²) in [6.45, 7) is 1.44. The lowest BCUT2D eigenvalue weighted by Gasteiger charge is -2.35. The molecule has 1 aromatic heterocycles. The van der Waals surface area contributed by atoms with Crippen LogP contribution in [0.1, 0.15) is 16.4 Å². The molecule has 0 aliphatic carbocycles. The molecule has 10 heteroatoms. The maximum absolute atomic E-state index is 13.6. The Balaban J connectivity index is 1.59. The fourth-order valence-electron chi connectivity index (χ4n) is 3.40. The highest BCUT2D eigenvalue weighted by Gasteiger charge is 2.40. The van der Waals surface area contributed by atoms with Crippen molar-refractivity contribution in [3.63, 3.8) is 0 Å². The Bertz CT molecular complexity index is 1110. The van der Waals surface area contributed by atoms with Crippen molar-refractivity contribution in [3.05, 3.63) is 71.0 Å². The predicted octanol–water partition coefficient (Wildman–Crippen LogP) is 5.12. The van der Waals surface area contributed by atoms with Gasteiger partial charge in [0.25, 0.3) is 5.91 Å². The molecule has 1 aliphatic heterocycles. The number of hydrogen-bond acceptors (Lipinski definition) is 4. The van der Waals surface area contributed by atoms with Crippen LogP contribution in [0.15, 0.2) is 52.9 Å². The van der Waals surface area contributed by atoms with Crippen LogP contribution in [0.3, 0.4) is 0 Å². The molecule has 1 amide bonds. The van der Waals surface area contributed by atoms with Gasteiger partial charge >= 0.3 is 12.1 Å². The summed E-state index contributed by atoms with van der Waals surface area (Å²) in [4.78, 5) is 19.9. The summed E-state index contributed by atoms with van der Waals surface area (Å²) >= 11 is 6.02. The number of piperazine rings is 1. The van der Waals surface area contributed by atoms with Gasteiger partial charge in [-0.25, -0.2) is 9.37 Å². The van der Waals surface area contributed by atoms with Crippen LogP contribution in [0.4, 0.5) is 23.2 Å². The molecule has 2 heterocycles. The number of benzene rings is 2. The van der Waals surface area contributed by atoms with Gasteiger partial charge in [-0.3, -0.25) is 4.79 Å². The first-order valence-electron chi connectivity index (χ1n) is 9.36. The Labute approximate surface area is 179 Å². The number of anilines is 1. The molecule has 0 radical (unpaired) electrons. The van der Waals surface area contributed by atoms with Crippen LogP contribution in [0, 0.1) is 5.82 Å².